The van der Waals surface area contributed by atoms with E-state index in [1.54, 1.807) is 13.2 Å². The fraction of sp³-hybridized carbons (Fsp3) is 0.700. The molecule has 0 heterocycles. The predicted octanol–water partition coefficient (Wildman–Crippen LogP) is 6.74. The number of ether oxygens (including phenoxy) is 2. The molecule has 2 unspecified atom stereocenters. The second-order valence-electron chi connectivity index (χ2n) is 10.5. The molecular formula is C30H48O5. The number of hydrogen-bond donors (Lipinski definition) is 2. The first-order chi connectivity index (χ1) is 16.9. The van der Waals surface area contributed by atoms with Gasteiger partial charge in [0.25, 0.3) is 0 Å². The number of carbonyl (C=O) groups is 1. The number of aromatic hydroxyl groups is 1. The van der Waals surface area contributed by atoms with Crippen molar-refractivity contribution >= 4 is 5.78 Å². The molecule has 1 aromatic carbocycles. The minimum atomic E-state index is 0.0880. The van der Waals surface area contributed by atoms with E-state index in [0.717, 1.165) is 49.7 Å². The van der Waals surface area contributed by atoms with E-state index < -0.39 is 0 Å². The van der Waals surface area contributed by atoms with E-state index in [1.807, 2.05) is 12.1 Å². The van der Waals surface area contributed by atoms with Crippen LogP contribution in [0.4, 0.5) is 0 Å². The van der Waals surface area contributed by atoms with Crippen molar-refractivity contribution in [2.24, 2.45) is 11.8 Å². The van der Waals surface area contributed by atoms with E-state index in [-0.39, 0.29) is 36.1 Å². The van der Waals surface area contributed by atoms with E-state index >= 15 is 0 Å². The Bertz CT molecular complexity index is 779. The number of rotatable bonds is 17. The molecule has 1 aliphatic carbocycles. The van der Waals surface area contributed by atoms with Crippen molar-refractivity contribution in [3.8, 4) is 11.5 Å². The van der Waals surface area contributed by atoms with Crippen LogP contribution in [-0.4, -0.2) is 42.4 Å². The van der Waals surface area contributed by atoms with Crippen LogP contribution in [0.1, 0.15) is 102 Å². The highest BCUT2D eigenvalue weighted by Gasteiger charge is 2.23. The van der Waals surface area contributed by atoms with Gasteiger partial charge in [-0.05, 0) is 93.2 Å². The molecule has 2 rings (SSSR count). The zero-order chi connectivity index (χ0) is 25.6. The van der Waals surface area contributed by atoms with E-state index in [4.69, 9.17) is 14.6 Å². The van der Waals surface area contributed by atoms with Crippen LogP contribution in [0.25, 0.3) is 0 Å². The molecule has 0 amide bonds. The highest BCUT2D eigenvalue weighted by molar-refractivity contribution is 5.89. The zero-order valence-corrected chi connectivity index (χ0v) is 22.4. The molecule has 0 saturated heterocycles. The van der Waals surface area contributed by atoms with E-state index in [2.05, 4.69) is 26.8 Å². The fourth-order valence-corrected chi connectivity index (χ4v) is 4.87. The van der Waals surface area contributed by atoms with Gasteiger partial charge in [0.1, 0.15) is 0 Å². The summed E-state index contributed by atoms with van der Waals surface area (Å²) in [4.78, 5) is 12.6. The molecule has 1 fully saturated rings. The quantitative estimate of drug-likeness (QED) is 0.238. The van der Waals surface area contributed by atoms with Crippen molar-refractivity contribution in [1.82, 2.24) is 0 Å². The molecule has 0 aliphatic heterocycles. The molecule has 5 nitrogen and oxygen atoms in total. The molecular weight excluding hydrogens is 440 g/mol. The van der Waals surface area contributed by atoms with Gasteiger partial charge in [-0.3, -0.25) is 4.79 Å². The summed E-state index contributed by atoms with van der Waals surface area (Å²) in [5.74, 6) is 1.91. The van der Waals surface area contributed by atoms with Crippen LogP contribution in [0.15, 0.2) is 24.3 Å². The third-order valence-corrected chi connectivity index (χ3v) is 7.20. The Balaban J connectivity index is 2.24. The van der Waals surface area contributed by atoms with E-state index in [1.165, 1.54) is 12.8 Å². The average Bonchev–Trinajstić information content (AvgIpc) is 3.35. The molecule has 0 radical (unpaired) electrons. The summed E-state index contributed by atoms with van der Waals surface area (Å²) in [7, 11) is 1.72. The molecule has 2 N–H and O–H groups in total. The summed E-state index contributed by atoms with van der Waals surface area (Å²) in [5, 5.41) is 20.4. The van der Waals surface area contributed by atoms with Gasteiger partial charge in [0, 0.05) is 32.3 Å². The molecule has 1 saturated carbocycles. The molecule has 0 bridgehead atoms. The number of phenolic OH excluding ortho intramolecular Hbond substituents is 1. The number of aliphatic hydroxyl groups excluding tert-OH is 1. The molecule has 1 aliphatic rings. The van der Waals surface area contributed by atoms with Crippen LogP contribution in [0, 0.1) is 11.8 Å². The maximum atomic E-state index is 12.6. The van der Waals surface area contributed by atoms with Crippen molar-refractivity contribution in [1.29, 1.82) is 0 Å². The summed E-state index contributed by atoms with van der Waals surface area (Å²) in [6.07, 6.45) is 13.6. The molecule has 198 valence electrons. The molecule has 1 aromatic rings. The highest BCUT2D eigenvalue weighted by atomic mass is 16.5. The summed E-state index contributed by atoms with van der Waals surface area (Å²) in [5.41, 5.74) is 1.95. The lowest BCUT2D eigenvalue weighted by Crippen LogP contribution is -2.13. The predicted molar refractivity (Wildman–Crippen MR) is 142 cm³/mol. The zero-order valence-electron chi connectivity index (χ0n) is 22.4. The average molecular weight is 489 g/mol. The fourth-order valence-electron chi connectivity index (χ4n) is 4.87. The van der Waals surface area contributed by atoms with Gasteiger partial charge in [-0.15, -0.1) is 0 Å². The largest absolute Gasteiger partial charge is 0.504 e. The number of aryl methyl sites for hydroxylation is 1. The lowest BCUT2D eigenvalue weighted by atomic mass is 9.86. The maximum Gasteiger partial charge on any atom is 0.161 e. The number of carbonyl (C=O) groups excluding carboxylic acids is 1. The third-order valence-electron chi connectivity index (χ3n) is 7.20. The topological polar surface area (TPSA) is 76.0 Å². The SMILES string of the molecule is CCC(C=CC(=O)CCc1cc(OC2CCCC2)c(O)c(C(CCOC)CCC(C)C)c1)CCO. The Morgan fingerprint density at radius 2 is 1.89 bits per heavy atom. The van der Waals surface area contributed by atoms with Crippen molar-refractivity contribution in [3.63, 3.8) is 0 Å². The maximum absolute atomic E-state index is 12.6. The Kier molecular flexibility index (Phi) is 13.4. The van der Waals surface area contributed by atoms with Crippen LogP contribution in [0.5, 0.6) is 11.5 Å². The molecule has 0 spiro atoms. The summed E-state index contributed by atoms with van der Waals surface area (Å²) < 4.78 is 11.7. The van der Waals surface area contributed by atoms with Crippen molar-refractivity contribution in [3.05, 3.63) is 35.4 Å². The van der Waals surface area contributed by atoms with Crippen molar-refractivity contribution < 1.29 is 24.5 Å². The van der Waals surface area contributed by atoms with Gasteiger partial charge in [0.15, 0.2) is 17.3 Å². The van der Waals surface area contributed by atoms with Crippen molar-refractivity contribution in [2.75, 3.05) is 20.3 Å². The normalized spacial score (nSPS) is 16.3. The lowest BCUT2D eigenvalue weighted by molar-refractivity contribution is -0.114. The van der Waals surface area contributed by atoms with Gasteiger partial charge >= 0.3 is 0 Å². The van der Waals surface area contributed by atoms with Gasteiger partial charge in [-0.2, -0.15) is 0 Å². The Labute approximate surface area is 212 Å². The second-order valence-corrected chi connectivity index (χ2v) is 10.5. The second kappa shape index (κ2) is 16.0. The van der Waals surface area contributed by atoms with E-state index in [9.17, 15) is 9.90 Å². The minimum absolute atomic E-state index is 0.0880. The summed E-state index contributed by atoms with van der Waals surface area (Å²) in [6, 6.07) is 4.01. The number of ketones is 1. The number of benzene rings is 1. The molecule has 2 atom stereocenters. The number of aliphatic hydroxyl groups is 1. The molecule has 5 heteroatoms. The first-order valence-corrected chi connectivity index (χ1v) is 13.7. The Hall–Kier alpha value is -1.85. The van der Waals surface area contributed by atoms with Crippen molar-refractivity contribution in [2.45, 2.75) is 103 Å². The molecule has 35 heavy (non-hydrogen) atoms. The summed E-state index contributed by atoms with van der Waals surface area (Å²) in [6.45, 7) is 7.29. The standard InChI is InChI=1S/C30H48O5/c1-5-23(16-18-31)11-14-26(32)15-12-24-20-28(25(17-19-34-4)13-10-22(2)3)30(33)29(21-24)35-27-8-6-7-9-27/h11,14,20-23,25,27,31,33H,5-10,12-13,15-19H2,1-4H3. The number of allylic oxidation sites excluding steroid dienone is 2. The van der Waals surface area contributed by atoms with E-state index in [0.29, 0.717) is 37.5 Å². The lowest BCUT2D eigenvalue weighted by Gasteiger charge is -2.23. The highest BCUT2D eigenvalue weighted by Crippen LogP contribution is 2.41. The van der Waals surface area contributed by atoms with Crippen LogP contribution >= 0.6 is 0 Å². The van der Waals surface area contributed by atoms with Crippen LogP contribution in [0.3, 0.4) is 0 Å². The Morgan fingerprint density at radius 3 is 2.51 bits per heavy atom. The first kappa shape index (κ1) is 29.4. The van der Waals surface area contributed by atoms with Gasteiger partial charge in [-0.1, -0.05) is 39.3 Å². The van der Waals surface area contributed by atoms with Gasteiger partial charge in [-0.25, -0.2) is 0 Å². The van der Waals surface area contributed by atoms with Gasteiger partial charge < -0.3 is 19.7 Å². The smallest absolute Gasteiger partial charge is 0.161 e. The van der Waals surface area contributed by atoms with Gasteiger partial charge in [0.05, 0.1) is 6.10 Å². The monoisotopic (exact) mass is 488 g/mol. The first-order valence-electron chi connectivity index (χ1n) is 13.7. The minimum Gasteiger partial charge on any atom is -0.504 e. The van der Waals surface area contributed by atoms with Crippen LogP contribution in [0.2, 0.25) is 0 Å². The molecule has 0 aromatic heterocycles. The number of hydrogen-bond acceptors (Lipinski definition) is 5. The van der Waals surface area contributed by atoms with Crippen LogP contribution in [-0.2, 0) is 16.0 Å². The number of methoxy groups -OCH3 is 1. The Morgan fingerprint density at radius 1 is 1.14 bits per heavy atom. The number of phenols is 1. The summed E-state index contributed by atoms with van der Waals surface area (Å²) >= 11 is 0. The van der Waals surface area contributed by atoms with Gasteiger partial charge in [0.2, 0.25) is 0 Å². The van der Waals surface area contributed by atoms with Crippen LogP contribution < -0.4 is 4.74 Å². The third kappa shape index (κ3) is 10.3.